The molecule has 0 aliphatic carbocycles. The van der Waals surface area contributed by atoms with Gasteiger partial charge >= 0.3 is 0 Å². The van der Waals surface area contributed by atoms with E-state index in [4.69, 9.17) is 25.8 Å². The Morgan fingerprint density at radius 2 is 1.82 bits per heavy atom. The van der Waals surface area contributed by atoms with Crippen LogP contribution in [0.5, 0.6) is 17.2 Å². The number of carbonyl (C=O) groups is 2. The summed E-state index contributed by atoms with van der Waals surface area (Å²) < 4.78 is 16.9. The maximum absolute atomic E-state index is 12.5. The molecule has 1 atom stereocenters. The van der Waals surface area contributed by atoms with E-state index >= 15 is 0 Å². The van der Waals surface area contributed by atoms with Crippen LogP contribution < -0.4 is 24.8 Å². The highest BCUT2D eigenvalue weighted by molar-refractivity contribution is 6.32. The molecule has 1 unspecified atom stereocenters. The summed E-state index contributed by atoms with van der Waals surface area (Å²) in [6, 6.07) is 16.2. The summed E-state index contributed by atoms with van der Waals surface area (Å²) in [5.74, 6) is 1.67. The maximum Gasteiger partial charge on any atom is 0.251 e. The monoisotopic (exact) mass is 480 g/mol. The lowest BCUT2D eigenvalue weighted by atomic mass is 9.99. The van der Waals surface area contributed by atoms with Crippen molar-refractivity contribution >= 4 is 29.1 Å². The third-order valence-electron chi connectivity index (χ3n) is 5.53. The Balaban J connectivity index is 1.44. The zero-order valence-electron chi connectivity index (χ0n) is 19.1. The minimum atomic E-state index is -0.238. The van der Waals surface area contributed by atoms with Crippen molar-refractivity contribution in [3.05, 3.63) is 70.7 Å². The van der Waals surface area contributed by atoms with E-state index in [2.05, 4.69) is 10.6 Å². The molecule has 0 radical (unpaired) electrons. The van der Waals surface area contributed by atoms with Gasteiger partial charge < -0.3 is 24.8 Å². The fourth-order valence-corrected chi connectivity index (χ4v) is 4.20. The molecule has 7 nitrogen and oxygen atoms in total. The molecule has 0 bridgehead atoms. The molecule has 1 aliphatic rings. The van der Waals surface area contributed by atoms with E-state index in [0.29, 0.717) is 40.7 Å². The number of carbonyl (C=O) groups excluding carboxylic acids is 2. The van der Waals surface area contributed by atoms with Crippen LogP contribution in [0.15, 0.2) is 54.6 Å². The molecule has 2 N–H and O–H groups in total. The first-order chi connectivity index (χ1) is 16.4. The molecule has 2 amide bonds. The third kappa shape index (κ3) is 5.10. The number of rotatable bonds is 7. The number of methoxy groups -OCH3 is 2. The predicted molar refractivity (Wildman–Crippen MR) is 131 cm³/mol. The van der Waals surface area contributed by atoms with E-state index in [-0.39, 0.29) is 17.9 Å². The first-order valence-corrected chi connectivity index (χ1v) is 11.1. The highest BCUT2D eigenvalue weighted by atomic mass is 35.5. The zero-order valence-corrected chi connectivity index (χ0v) is 19.9. The largest absolute Gasteiger partial charge is 0.497 e. The summed E-state index contributed by atoms with van der Waals surface area (Å²) in [7, 11) is 3.24. The number of ether oxygens (including phenoxy) is 3. The first-order valence-electron chi connectivity index (χ1n) is 10.7. The van der Waals surface area contributed by atoms with Crippen molar-refractivity contribution in [2.75, 3.05) is 26.1 Å². The summed E-state index contributed by atoms with van der Waals surface area (Å²) in [5, 5.41) is 6.08. The van der Waals surface area contributed by atoms with Gasteiger partial charge in [0.25, 0.3) is 5.91 Å². The van der Waals surface area contributed by atoms with Crippen LogP contribution in [0.2, 0.25) is 5.02 Å². The molecular weight excluding hydrogens is 456 g/mol. The molecule has 4 rings (SSSR count). The standard InChI is InChI=1S/C26H25ClN2O5/c1-15(30)29-19-6-4-16(5-7-19)26(31)28-14-21-11-18-10-17(12-23(27)25(18)34-21)22-13-20(32-2)8-9-24(22)33-3/h4-10,12-13,21H,11,14H2,1-3H3,(H,28,31)(H,29,30). The van der Waals surface area contributed by atoms with Gasteiger partial charge in [0.1, 0.15) is 23.4 Å². The maximum atomic E-state index is 12.5. The van der Waals surface area contributed by atoms with Crippen molar-refractivity contribution in [3.8, 4) is 28.4 Å². The Hall–Kier alpha value is -3.71. The minimum absolute atomic E-state index is 0.165. The van der Waals surface area contributed by atoms with Crippen LogP contribution in [0, 0.1) is 0 Å². The van der Waals surface area contributed by atoms with Gasteiger partial charge in [-0.05, 0) is 60.2 Å². The van der Waals surface area contributed by atoms with Gasteiger partial charge in [-0.2, -0.15) is 0 Å². The number of nitrogens with one attached hydrogen (secondary N) is 2. The molecule has 8 heteroatoms. The fraction of sp³-hybridized carbons (Fsp3) is 0.231. The first kappa shape index (κ1) is 23.4. The summed E-state index contributed by atoms with van der Waals surface area (Å²) in [6.45, 7) is 1.76. The van der Waals surface area contributed by atoms with Crippen LogP contribution >= 0.6 is 11.6 Å². The lowest BCUT2D eigenvalue weighted by Crippen LogP contribution is -2.34. The molecular formula is C26H25ClN2O5. The Morgan fingerprint density at radius 1 is 1.06 bits per heavy atom. The van der Waals surface area contributed by atoms with Gasteiger partial charge in [-0.1, -0.05) is 11.6 Å². The summed E-state index contributed by atoms with van der Waals surface area (Å²) in [5.41, 5.74) is 3.86. The minimum Gasteiger partial charge on any atom is -0.497 e. The van der Waals surface area contributed by atoms with Crippen LogP contribution in [0.3, 0.4) is 0 Å². The molecule has 0 fully saturated rings. The normalized spacial score (nSPS) is 14.1. The number of benzene rings is 3. The predicted octanol–water partition coefficient (Wildman–Crippen LogP) is 4.72. The second-order valence-corrected chi connectivity index (χ2v) is 8.33. The molecule has 0 spiro atoms. The van der Waals surface area contributed by atoms with Crippen molar-refractivity contribution in [1.82, 2.24) is 5.32 Å². The van der Waals surface area contributed by atoms with Crippen molar-refractivity contribution in [2.24, 2.45) is 0 Å². The highest BCUT2D eigenvalue weighted by Gasteiger charge is 2.27. The molecule has 176 valence electrons. The smallest absolute Gasteiger partial charge is 0.251 e. The Kier molecular flexibility index (Phi) is 6.93. The van der Waals surface area contributed by atoms with Gasteiger partial charge in [0.15, 0.2) is 0 Å². The number of anilines is 1. The number of hydrogen-bond acceptors (Lipinski definition) is 5. The molecule has 34 heavy (non-hydrogen) atoms. The quantitative estimate of drug-likeness (QED) is 0.511. The van der Waals surface area contributed by atoms with E-state index < -0.39 is 0 Å². The lowest BCUT2D eigenvalue weighted by Gasteiger charge is -2.13. The molecule has 0 aromatic heterocycles. The molecule has 3 aromatic carbocycles. The molecule has 3 aromatic rings. The Morgan fingerprint density at radius 3 is 2.50 bits per heavy atom. The zero-order chi connectivity index (χ0) is 24.2. The summed E-state index contributed by atoms with van der Waals surface area (Å²) in [4.78, 5) is 23.7. The van der Waals surface area contributed by atoms with E-state index in [9.17, 15) is 9.59 Å². The van der Waals surface area contributed by atoms with Crippen LogP contribution in [0.25, 0.3) is 11.1 Å². The third-order valence-corrected chi connectivity index (χ3v) is 5.81. The van der Waals surface area contributed by atoms with Gasteiger partial charge in [-0.15, -0.1) is 0 Å². The summed E-state index contributed by atoms with van der Waals surface area (Å²) >= 11 is 6.55. The van der Waals surface area contributed by atoms with Gasteiger partial charge in [0.05, 0.1) is 25.8 Å². The number of halogens is 1. The van der Waals surface area contributed by atoms with E-state index in [1.807, 2.05) is 30.3 Å². The fourth-order valence-electron chi connectivity index (χ4n) is 3.91. The van der Waals surface area contributed by atoms with Gasteiger partial charge in [-0.3, -0.25) is 9.59 Å². The lowest BCUT2D eigenvalue weighted by molar-refractivity contribution is -0.114. The molecule has 1 heterocycles. The SMILES string of the molecule is COc1ccc(OC)c(-c2cc(Cl)c3c(c2)CC(CNC(=O)c2ccc(NC(C)=O)cc2)O3)c1. The van der Waals surface area contributed by atoms with Crippen molar-refractivity contribution in [2.45, 2.75) is 19.4 Å². The number of hydrogen-bond donors (Lipinski definition) is 2. The van der Waals surface area contributed by atoms with Gasteiger partial charge in [-0.25, -0.2) is 0 Å². The average molecular weight is 481 g/mol. The number of fused-ring (bicyclic) bond motifs is 1. The highest BCUT2D eigenvalue weighted by Crippen LogP contribution is 2.42. The van der Waals surface area contributed by atoms with Crippen LogP contribution in [-0.2, 0) is 11.2 Å². The topological polar surface area (TPSA) is 85.9 Å². The van der Waals surface area contributed by atoms with Crippen molar-refractivity contribution in [1.29, 1.82) is 0 Å². The Bertz CT molecular complexity index is 1230. The van der Waals surface area contributed by atoms with Crippen molar-refractivity contribution < 1.29 is 23.8 Å². The summed E-state index contributed by atoms with van der Waals surface area (Å²) in [6.07, 6.45) is 0.370. The van der Waals surface area contributed by atoms with E-state index in [1.165, 1.54) is 6.92 Å². The van der Waals surface area contributed by atoms with Crippen molar-refractivity contribution in [3.63, 3.8) is 0 Å². The molecule has 0 saturated heterocycles. The molecule has 1 aliphatic heterocycles. The van der Waals surface area contributed by atoms with E-state index in [0.717, 1.165) is 22.4 Å². The van der Waals surface area contributed by atoms with Crippen LogP contribution in [0.4, 0.5) is 5.69 Å². The van der Waals surface area contributed by atoms with Gasteiger partial charge in [0.2, 0.25) is 5.91 Å². The number of amides is 2. The van der Waals surface area contributed by atoms with Gasteiger partial charge in [0, 0.05) is 35.7 Å². The van der Waals surface area contributed by atoms with E-state index in [1.54, 1.807) is 38.5 Å². The molecule has 0 saturated carbocycles. The second kappa shape index (κ2) is 10.1. The van der Waals surface area contributed by atoms with Crippen LogP contribution in [-0.4, -0.2) is 38.7 Å². The second-order valence-electron chi connectivity index (χ2n) is 7.93. The Labute approximate surface area is 203 Å². The van der Waals surface area contributed by atoms with Crippen LogP contribution in [0.1, 0.15) is 22.8 Å². The average Bonchev–Trinajstić information content (AvgIpc) is 3.26.